The third-order valence-electron chi connectivity index (χ3n) is 2.66. The first-order valence-corrected chi connectivity index (χ1v) is 6.62. The van der Waals surface area contributed by atoms with E-state index in [0.717, 1.165) is 28.5 Å². The number of nitrogens with one attached hydrogen (secondary N) is 1. The van der Waals surface area contributed by atoms with Crippen molar-refractivity contribution in [2.24, 2.45) is 0 Å². The lowest BCUT2D eigenvalue weighted by molar-refractivity contribution is 0.228. The summed E-state index contributed by atoms with van der Waals surface area (Å²) >= 11 is 2.13. The fourth-order valence-corrected chi connectivity index (χ4v) is 2.56. The van der Waals surface area contributed by atoms with Gasteiger partial charge in [-0.1, -0.05) is 6.92 Å². The second-order valence-corrected chi connectivity index (χ2v) is 5.29. The second kappa shape index (κ2) is 5.31. The van der Waals surface area contributed by atoms with Gasteiger partial charge in [0.15, 0.2) is 11.6 Å². The number of rotatable bonds is 3. The fraction of sp³-hybridized carbons (Fsp3) is 0.500. The average molecular weight is 335 g/mol. The lowest BCUT2D eigenvalue weighted by Gasteiger charge is -2.26. The van der Waals surface area contributed by atoms with Gasteiger partial charge >= 0.3 is 0 Å². The van der Waals surface area contributed by atoms with Crippen LogP contribution in [0.4, 0.5) is 4.39 Å². The van der Waals surface area contributed by atoms with Gasteiger partial charge in [-0.15, -0.1) is 0 Å². The van der Waals surface area contributed by atoms with Gasteiger partial charge in [0, 0.05) is 9.61 Å². The van der Waals surface area contributed by atoms with Crippen LogP contribution in [-0.4, -0.2) is 19.2 Å². The summed E-state index contributed by atoms with van der Waals surface area (Å²) in [5.74, 6) is 0.200. The molecule has 1 unspecified atom stereocenters. The standard InChI is InChI=1S/C12H15FINO/c1-2-3-15-10-5-8-4-9(14)6-11(13)12(8)16-7-10/h4,6,10,15H,2-3,5,7H2,1H3. The Balaban J connectivity index is 2.13. The van der Waals surface area contributed by atoms with E-state index in [-0.39, 0.29) is 5.82 Å². The van der Waals surface area contributed by atoms with E-state index in [0.29, 0.717) is 18.4 Å². The van der Waals surface area contributed by atoms with E-state index in [9.17, 15) is 4.39 Å². The maximum Gasteiger partial charge on any atom is 0.166 e. The van der Waals surface area contributed by atoms with Gasteiger partial charge in [-0.2, -0.15) is 0 Å². The van der Waals surface area contributed by atoms with Crippen molar-refractivity contribution >= 4 is 22.6 Å². The zero-order valence-corrected chi connectivity index (χ0v) is 11.4. The minimum atomic E-state index is -0.240. The molecule has 0 aromatic heterocycles. The lowest BCUT2D eigenvalue weighted by atomic mass is 10.0. The summed E-state index contributed by atoms with van der Waals surface area (Å²) in [7, 11) is 0. The predicted octanol–water partition coefficient (Wildman–Crippen LogP) is 2.73. The van der Waals surface area contributed by atoms with Crippen LogP contribution in [0.5, 0.6) is 5.75 Å². The average Bonchev–Trinajstić information content (AvgIpc) is 2.25. The Bertz CT molecular complexity index is 384. The number of hydrogen-bond donors (Lipinski definition) is 1. The van der Waals surface area contributed by atoms with Crippen molar-refractivity contribution in [1.29, 1.82) is 0 Å². The van der Waals surface area contributed by atoms with Gasteiger partial charge in [-0.3, -0.25) is 0 Å². The highest BCUT2D eigenvalue weighted by molar-refractivity contribution is 14.1. The van der Waals surface area contributed by atoms with Gasteiger partial charge < -0.3 is 10.1 Å². The van der Waals surface area contributed by atoms with E-state index in [4.69, 9.17) is 4.74 Å². The maximum absolute atomic E-state index is 13.6. The number of ether oxygens (including phenoxy) is 1. The molecule has 2 rings (SSSR count). The SMILES string of the molecule is CCCNC1COc2c(F)cc(I)cc2C1. The molecule has 1 heterocycles. The summed E-state index contributed by atoms with van der Waals surface area (Å²) < 4.78 is 20.0. The van der Waals surface area contributed by atoms with Crippen LogP contribution in [0.2, 0.25) is 0 Å². The summed E-state index contributed by atoms with van der Waals surface area (Å²) in [4.78, 5) is 0. The molecule has 0 spiro atoms. The maximum atomic E-state index is 13.6. The molecular weight excluding hydrogens is 320 g/mol. The van der Waals surface area contributed by atoms with Crippen molar-refractivity contribution in [3.05, 3.63) is 27.1 Å². The highest BCUT2D eigenvalue weighted by Gasteiger charge is 2.22. The van der Waals surface area contributed by atoms with Gasteiger partial charge in [0.1, 0.15) is 6.61 Å². The molecule has 1 atom stereocenters. The zero-order valence-electron chi connectivity index (χ0n) is 9.22. The second-order valence-electron chi connectivity index (χ2n) is 4.04. The van der Waals surface area contributed by atoms with Crippen LogP contribution >= 0.6 is 22.6 Å². The highest BCUT2D eigenvalue weighted by atomic mass is 127. The van der Waals surface area contributed by atoms with Gasteiger partial charge in [-0.05, 0) is 59.7 Å². The van der Waals surface area contributed by atoms with E-state index >= 15 is 0 Å². The Morgan fingerprint density at radius 3 is 3.12 bits per heavy atom. The molecule has 16 heavy (non-hydrogen) atoms. The van der Waals surface area contributed by atoms with E-state index in [1.165, 1.54) is 6.07 Å². The van der Waals surface area contributed by atoms with Crippen molar-refractivity contribution in [3.63, 3.8) is 0 Å². The van der Waals surface area contributed by atoms with Gasteiger partial charge in [0.05, 0.1) is 0 Å². The van der Waals surface area contributed by atoms with E-state index < -0.39 is 0 Å². The molecule has 0 aliphatic carbocycles. The molecular formula is C12H15FINO. The normalized spacial score (nSPS) is 19.1. The van der Waals surface area contributed by atoms with E-state index in [1.807, 2.05) is 6.07 Å². The predicted molar refractivity (Wildman–Crippen MR) is 70.4 cm³/mol. The molecule has 0 fully saturated rings. The van der Waals surface area contributed by atoms with Crippen molar-refractivity contribution in [3.8, 4) is 5.75 Å². The number of hydrogen-bond acceptors (Lipinski definition) is 2. The minimum Gasteiger partial charge on any atom is -0.489 e. The third kappa shape index (κ3) is 2.66. The van der Waals surface area contributed by atoms with Crippen LogP contribution in [0.1, 0.15) is 18.9 Å². The Labute approximate surface area is 109 Å². The summed E-state index contributed by atoms with van der Waals surface area (Å²) in [6.07, 6.45) is 1.95. The van der Waals surface area contributed by atoms with Crippen molar-refractivity contribution in [2.45, 2.75) is 25.8 Å². The molecule has 0 radical (unpaired) electrons. The van der Waals surface area contributed by atoms with Gasteiger partial charge in [0.2, 0.25) is 0 Å². The van der Waals surface area contributed by atoms with Crippen LogP contribution in [0.25, 0.3) is 0 Å². The number of fused-ring (bicyclic) bond motifs is 1. The monoisotopic (exact) mass is 335 g/mol. The molecule has 0 saturated carbocycles. The molecule has 4 heteroatoms. The van der Waals surface area contributed by atoms with Crippen LogP contribution in [0.15, 0.2) is 12.1 Å². The summed E-state index contributed by atoms with van der Waals surface area (Å²) in [5, 5.41) is 3.40. The number of benzene rings is 1. The zero-order chi connectivity index (χ0) is 11.5. The smallest absolute Gasteiger partial charge is 0.166 e. The summed E-state index contributed by atoms with van der Waals surface area (Å²) in [6, 6.07) is 3.82. The summed E-state index contributed by atoms with van der Waals surface area (Å²) in [6.45, 7) is 3.67. The first-order chi connectivity index (χ1) is 7.70. The topological polar surface area (TPSA) is 21.3 Å². The van der Waals surface area contributed by atoms with Crippen LogP contribution in [0, 0.1) is 9.39 Å². The third-order valence-corrected chi connectivity index (χ3v) is 3.29. The quantitative estimate of drug-likeness (QED) is 0.858. The molecule has 1 aliphatic heterocycles. The first kappa shape index (κ1) is 12.1. The lowest BCUT2D eigenvalue weighted by Crippen LogP contribution is -2.39. The Morgan fingerprint density at radius 2 is 2.38 bits per heavy atom. The molecule has 1 N–H and O–H groups in total. The molecule has 1 aliphatic rings. The largest absolute Gasteiger partial charge is 0.489 e. The molecule has 1 aromatic carbocycles. The molecule has 0 saturated heterocycles. The first-order valence-electron chi connectivity index (χ1n) is 5.54. The Kier molecular flexibility index (Phi) is 4.02. The molecule has 0 bridgehead atoms. The number of halogens is 2. The van der Waals surface area contributed by atoms with Crippen LogP contribution < -0.4 is 10.1 Å². The van der Waals surface area contributed by atoms with Gasteiger partial charge in [0.25, 0.3) is 0 Å². The van der Waals surface area contributed by atoms with Crippen LogP contribution in [-0.2, 0) is 6.42 Å². The van der Waals surface area contributed by atoms with Crippen molar-refractivity contribution < 1.29 is 9.13 Å². The van der Waals surface area contributed by atoms with Crippen molar-refractivity contribution in [1.82, 2.24) is 5.32 Å². The van der Waals surface area contributed by atoms with Gasteiger partial charge in [-0.25, -0.2) is 4.39 Å². The molecule has 1 aromatic rings. The fourth-order valence-electron chi connectivity index (χ4n) is 1.91. The Morgan fingerprint density at radius 1 is 1.56 bits per heavy atom. The molecule has 2 nitrogen and oxygen atoms in total. The summed E-state index contributed by atoms with van der Waals surface area (Å²) in [5.41, 5.74) is 0.976. The van der Waals surface area contributed by atoms with E-state index in [1.54, 1.807) is 0 Å². The Hall–Kier alpha value is -0.360. The minimum absolute atomic E-state index is 0.240. The molecule has 0 amide bonds. The van der Waals surface area contributed by atoms with Crippen LogP contribution in [0.3, 0.4) is 0 Å². The highest BCUT2D eigenvalue weighted by Crippen LogP contribution is 2.29. The van der Waals surface area contributed by atoms with E-state index in [2.05, 4.69) is 34.8 Å². The molecule has 88 valence electrons. The van der Waals surface area contributed by atoms with Crippen molar-refractivity contribution in [2.75, 3.05) is 13.2 Å².